The van der Waals surface area contributed by atoms with Crippen molar-refractivity contribution in [3.05, 3.63) is 18.2 Å². The lowest BCUT2D eigenvalue weighted by atomic mass is 10.0. The molecule has 6 nitrogen and oxygen atoms in total. The average Bonchev–Trinajstić information content (AvgIpc) is 2.54. The molecule has 1 saturated heterocycles. The molecular weight excluding hydrogens is 325 g/mol. The number of nitrogens with zero attached hydrogens (tertiary/aromatic N) is 3. The molecule has 0 bridgehead atoms. The Balaban J connectivity index is 1.86. The zero-order valence-electron chi connectivity index (χ0n) is 13.6. The van der Waals surface area contributed by atoms with Crippen molar-refractivity contribution in [2.45, 2.75) is 45.0 Å². The first-order valence-electron chi connectivity index (χ1n) is 7.78. The summed E-state index contributed by atoms with van der Waals surface area (Å²) in [7, 11) is 0. The summed E-state index contributed by atoms with van der Waals surface area (Å²) < 4.78 is 42.8. The molecule has 0 unspecified atom stereocenters. The highest BCUT2D eigenvalue weighted by molar-refractivity contribution is 5.82. The van der Waals surface area contributed by atoms with Gasteiger partial charge in [0.1, 0.15) is 6.10 Å². The molecule has 2 N–H and O–H groups in total. The summed E-state index contributed by atoms with van der Waals surface area (Å²) in [6.45, 7) is 4.79. The summed E-state index contributed by atoms with van der Waals surface area (Å²) in [5, 5.41) is 0. The number of nitrogens with two attached hydrogens (primary N) is 1. The lowest BCUT2D eigenvalue weighted by molar-refractivity contribution is -0.145. The number of aromatic nitrogens is 2. The molecule has 1 amide bonds. The number of piperidine rings is 1. The maximum absolute atomic E-state index is 12.4. The molecule has 0 aromatic carbocycles. The van der Waals surface area contributed by atoms with Gasteiger partial charge in [-0.05, 0) is 5.92 Å². The maximum atomic E-state index is 12.4. The summed E-state index contributed by atoms with van der Waals surface area (Å²) in [6.07, 6.45) is -1.57. The lowest BCUT2D eigenvalue weighted by Crippen LogP contribution is -2.50. The number of halogens is 3. The fourth-order valence-electron chi connectivity index (χ4n) is 2.41. The number of hydrogen-bond donors (Lipinski definition) is 1. The Morgan fingerprint density at radius 1 is 1.29 bits per heavy atom. The van der Waals surface area contributed by atoms with E-state index in [1.165, 1.54) is 0 Å². The highest BCUT2D eigenvalue weighted by Crippen LogP contribution is 2.26. The number of carbonyl (C=O) groups is 1. The van der Waals surface area contributed by atoms with Gasteiger partial charge in [-0.2, -0.15) is 13.2 Å². The van der Waals surface area contributed by atoms with Crippen molar-refractivity contribution in [1.82, 2.24) is 14.9 Å². The van der Waals surface area contributed by atoms with Crippen LogP contribution in [0, 0.1) is 5.92 Å². The molecule has 9 heteroatoms. The Kier molecular flexibility index (Phi) is 5.63. The van der Waals surface area contributed by atoms with Crippen LogP contribution in [0.2, 0.25) is 0 Å². The molecule has 0 saturated carbocycles. The van der Waals surface area contributed by atoms with Crippen LogP contribution >= 0.6 is 0 Å². The summed E-state index contributed by atoms with van der Waals surface area (Å²) in [6, 6.07) is -0.522. The minimum absolute atomic E-state index is 0.0655. The summed E-state index contributed by atoms with van der Waals surface area (Å²) in [5.41, 5.74) is 5.87. The van der Waals surface area contributed by atoms with Gasteiger partial charge in [0.15, 0.2) is 5.75 Å². The predicted octanol–water partition coefficient (Wildman–Crippen LogP) is 1.85. The van der Waals surface area contributed by atoms with E-state index in [4.69, 9.17) is 10.5 Å². The molecule has 1 aromatic rings. The second-order valence-corrected chi connectivity index (χ2v) is 6.15. The van der Waals surface area contributed by atoms with Crippen LogP contribution in [0.15, 0.2) is 12.4 Å². The van der Waals surface area contributed by atoms with E-state index in [2.05, 4.69) is 9.97 Å². The summed E-state index contributed by atoms with van der Waals surface area (Å²) in [5.74, 6) is -1.03. The van der Waals surface area contributed by atoms with Gasteiger partial charge in [-0.1, -0.05) is 13.8 Å². The van der Waals surface area contributed by atoms with Crippen LogP contribution < -0.4 is 10.5 Å². The zero-order valence-corrected chi connectivity index (χ0v) is 13.6. The van der Waals surface area contributed by atoms with Crippen molar-refractivity contribution >= 4 is 5.91 Å². The Bertz CT molecular complexity index is 555. The minimum atomic E-state index is -4.57. The molecule has 0 radical (unpaired) electrons. The first-order valence-corrected chi connectivity index (χ1v) is 7.78. The Morgan fingerprint density at radius 2 is 1.83 bits per heavy atom. The molecule has 134 valence electrons. The van der Waals surface area contributed by atoms with E-state index in [9.17, 15) is 18.0 Å². The van der Waals surface area contributed by atoms with E-state index < -0.39 is 18.0 Å². The van der Waals surface area contributed by atoms with Crippen molar-refractivity contribution < 1.29 is 22.7 Å². The molecule has 24 heavy (non-hydrogen) atoms. The highest BCUT2D eigenvalue weighted by Gasteiger charge is 2.34. The van der Waals surface area contributed by atoms with Gasteiger partial charge >= 0.3 is 6.18 Å². The second kappa shape index (κ2) is 7.33. The van der Waals surface area contributed by atoms with Gasteiger partial charge in [-0.3, -0.25) is 4.79 Å². The van der Waals surface area contributed by atoms with Crippen molar-refractivity contribution in [2.75, 3.05) is 13.1 Å². The third-order valence-electron chi connectivity index (χ3n) is 3.94. The van der Waals surface area contributed by atoms with E-state index in [1.807, 2.05) is 13.8 Å². The number of ether oxygens (including phenoxy) is 1. The third-order valence-corrected chi connectivity index (χ3v) is 3.94. The molecule has 1 atom stereocenters. The molecule has 1 aromatic heterocycles. The topological polar surface area (TPSA) is 81.3 Å². The van der Waals surface area contributed by atoms with Crippen LogP contribution in [0.5, 0.6) is 5.75 Å². The fourth-order valence-corrected chi connectivity index (χ4v) is 2.41. The van der Waals surface area contributed by atoms with Gasteiger partial charge in [0.25, 0.3) is 0 Å². The number of carbonyl (C=O) groups excluding carboxylic acids is 1. The van der Waals surface area contributed by atoms with Gasteiger partial charge in [-0.25, -0.2) is 9.97 Å². The van der Waals surface area contributed by atoms with E-state index in [0.29, 0.717) is 25.9 Å². The van der Waals surface area contributed by atoms with Crippen LogP contribution in [-0.4, -0.2) is 46.0 Å². The maximum Gasteiger partial charge on any atom is 0.451 e. The molecule has 0 spiro atoms. The Morgan fingerprint density at radius 3 is 2.29 bits per heavy atom. The normalized spacial score (nSPS) is 17.9. The molecule has 2 heterocycles. The number of alkyl halides is 3. The lowest BCUT2D eigenvalue weighted by Gasteiger charge is -2.34. The minimum Gasteiger partial charge on any atom is -0.487 e. The molecule has 1 aliphatic rings. The SMILES string of the molecule is CC(C)[C@H](N)C(=O)N1CCC(Oc2cnc(C(F)(F)F)nc2)CC1. The van der Waals surface area contributed by atoms with E-state index in [1.54, 1.807) is 4.90 Å². The van der Waals surface area contributed by atoms with Gasteiger partial charge in [0.2, 0.25) is 11.7 Å². The van der Waals surface area contributed by atoms with Crippen molar-refractivity contribution in [3.63, 3.8) is 0 Å². The second-order valence-electron chi connectivity index (χ2n) is 6.15. The molecule has 1 fully saturated rings. The molecular formula is C15H21F3N4O2. The van der Waals surface area contributed by atoms with Crippen LogP contribution in [0.4, 0.5) is 13.2 Å². The van der Waals surface area contributed by atoms with Crippen LogP contribution in [0.3, 0.4) is 0 Å². The van der Waals surface area contributed by atoms with E-state index >= 15 is 0 Å². The van der Waals surface area contributed by atoms with Crippen LogP contribution in [0.25, 0.3) is 0 Å². The van der Waals surface area contributed by atoms with E-state index in [-0.39, 0.29) is 23.7 Å². The smallest absolute Gasteiger partial charge is 0.451 e. The number of amides is 1. The Hall–Kier alpha value is -1.90. The van der Waals surface area contributed by atoms with E-state index in [0.717, 1.165) is 12.4 Å². The average molecular weight is 346 g/mol. The van der Waals surface area contributed by atoms with Crippen molar-refractivity contribution in [3.8, 4) is 5.75 Å². The molecule has 1 aliphatic heterocycles. The van der Waals surface area contributed by atoms with Gasteiger partial charge < -0.3 is 15.4 Å². The van der Waals surface area contributed by atoms with Gasteiger partial charge in [-0.15, -0.1) is 0 Å². The largest absolute Gasteiger partial charge is 0.487 e. The summed E-state index contributed by atoms with van der Waals surface area (Å²) >= 11 is 0. The quantitative estimate of drug-likeness (QED) is 0.900. The third kappa shape index (κ3) is 4.56. The monoisotopic (exact) mass is 346 g/mol. The summed E-state index contributed by atoms with van der Waals surface area (Å²) in [4.78, 5) is 20.4. The molecule has 2 rings (SSSR count). The van der Waals surface area contributed by atoms with Gasteiger partial charge in [0.05, 0.1) is 18.4 Å². The number of rotatable bonds is 4. The van der Waals surface area contributed by atoms with Crippen molar-refractivity contribution in [1.29, 1.82) is 0 Å². The first-order chi connectivity index (χ1) is 11.2. The van der Waals surface area contributed by atoms with Crippen molar-refractivity contribution in [2.24, 2.45) is 11.7 Å². The Labute approximate surface area is 138 Å². The fraction of sp³-hybridized carbons (Fsp3) is 0.667. The zero-order chi connectivity index (χ0) is 17.9. The van der Waals surface area contributed by atoms with Crippen LogP contribution in [0.1, 0.15) is 32.5 Å². The first kappa shape index (κ1) is 18.4. The standard InChI is InChI=1S/C15H21F3N4O2/c1-9(2)12(19)13(23)22-5-3-10(4-6-22)24-11-7-20-14(21-8-11)15(16,17)18/h7-10,12H,3-6,19H2,1-2H3/t12-/m0/s1. The number of hydrogen-bond acceptors (Lipinski definition) is 5. The molecule has 0 aliphatic carbocycles. The van der Waals surface area contributed by atoms with Gasteiger partial charge in [0, 0.05) is 25.9 Å². The van der Waals surface area contributed by atoms with Crippen LogP contribution in [-0.2, 0) is 11.0 Å². The predicted molar refractivity (Wildman–Crippen MR) is 80.1 cm³/mol. The number of likely N-dealkylation sites (tertiary alicyclic amines) is 1. The highest BCUT2D eigenvalue weighted by atomic mass is 19.4.